The Labute approximate surface area is 126 Å². The van der Waals surface area contributed by atoms with Crippen LogP contribution in [-0.2, 0) is 16.0 Å². The van der Waals surface area contributed by atoms with Crippen LogP contribution in [0.4, 0.5) is 0 Å². The van der Waals surface area contributed by atoms with Crippen molar-refractivity contribution in [2.24, 2.45) is 0 Å². The number of hydrogen-bond acceptors (Lipinski definition) is 6. The molecule has 1 aromatic heterocycles. The maximum Gasteiger partial charge on any atom is 0.326 e. The summed E-state index contributed by atoms with van der Waals surface area (Å²) >= 11 is 0.947. The van der Waals surface area contributed by atoms with Crippen molar-refractivity contribution in [3.63, 3.8) is 0 Å². The van der Waals surface area contributed by atoms with Crippen LogP contribution in [0.2, 0.25) is 0 Å². The molecule has 116 valence electrons. The van der Waals surface area contributed by atoms with E-state index in [4.69, 9.17) is 5.11 Å². The Morgan fingerprint density at radius 3 is 2.62 bits per heavy atom. The molecule has 1 heterocycles. The van der Waals surface area contributed by atoms with Crippen LogP contribution in [-0.4, -0.2) is 56.5 Å². The highest BCUT2D eigenvalue weighted by Crippen LogP contribution is 2.16. The molecule has 9 heteroatoms. The summed E-state index contributed by atoms with van der Waals surface area (Å²) in [6.45, 7) is 4.91. The summed E-state index contributed by atoms with van der Waals surface area (Å²) in [6.07, 6.45) is 0.540. The molecule has 0 saturated heterocycles. The fraction of sp³-hybridized carbons (Fsp3) is 0.583. The van der Waals surface area contributed by atoms with Crippen molar-refractivity contribution in [2.75, 3.05) is 13.1 Å². The molecular formula is C12H18N4O4S. The molecule has 1 rings (SSSR count). The molecular weight excluding hydrogens is 296 g/mol. The zero-order chi connectivity index (χ0) is 16.0. The summed E-state index contributed by atoms with van der Waals surface area (Å²) < 4.78 is 3.74. The fourth-order valence-corrected chi connectivity index (χ4v) is 2.40. The third kappa shape index (κ3) is 4.48. The van der Waals surface area contributed by atoms with Gasteiger partial charge < -0.3 is 15.3 Å². The maximum atomic E-state index is 12.5. The quantitative estimate of drug-likeness (QED) is 0.741. The zero-order valence-corrected chi connectivity index (χ0v) is 12.9. The normalized spacial score (nSPS) is 11.8. The van der Waals surface area contributed by atoms with Gasteiger partial charge in [0.1, 0.15) is 10.9 Å². The van der Waals surface area contributed by atoms with Crippen molar-refractivity contribution >= 4 is 29.3 Å². The van der Waals surface area contributed by atoms with Crippen LogP contribution in [0.3, 0.4) is 0 Å². The number of nitrogens with zero attached hydrogens (tertiary/aromatic N) is 3. The third-order valence-electron chi connectivity index (χ3n) is 2.90. The number of carbonyl (C=O) groups is 3. The smallest absolute Gasteiger partial charge is 0.326 e. The molecule has 21 heavy (non-hydrogen) atoms. The van der Waals surface area contributed by atoms with Crippen molar-refractivity contribution in [3.05, 3.63) is 10.6 Å². The van der Waals surface area contributed by atoms with Crippen molar-refractivity contribution in [3.8, 4) is 0 Å². The highest BCUT2D eigenvalue weighted by atomic mass is 32.1. The number of aryl methyl sites for hydroxylation is 1. The first-order valence-corrected chi connectivity index (χ1v) is 7.25. The average molecular weight is 314 g/mol. The molecule has 8 nitrogen and oxygen atoms in total. The topological polar surface area (TPSA) is 112 Å². The Hall–Kier alpha value is -2.03. The van der Waals surface area contributed by atoms with Gasteiger partial charge in [0.05, 0.1) is 5.69 Å². The van der Waals surface area contributed by atoms with Crippen molar-refractivity contribution < 1.29 is 19.5 Å². The van der Waals surface area contributed by atoms with E-state index in [1.807, 2.05) is 6.92 Å². The molecule has 0 aliphatic rings. The lowest BCUT2D eigenvalue weighted by atomic mass is 10.2. The largest absolute Gasteiger partial charge is 0.480 e. The average Bonchev–Trinajstić information content (AvgIpc) is 2.90. The minimum absolute atomic E-state index is 0.104. The lowest BCUT2D eigenvalue weighted by Crippen LogP contribution is -2.46. The molecule has 1 unspecified atom stereocenters. The molecule has 0 saturated carbocycles. The number of carboxylic acid groups (broad SMARTS) is 1. The summed E-state index contributed by atoms with van der Waals surface area (Å²) in [4.78, 5) is 36.1. The van der Waals surface area contributed by atoms with Gasteiger partial charge in [0, 0.05) is 20.0 Å². The first kappa shape index (κ1) is 17.0. The summed E-state index contributed by atoms with van der Waals surface area (Å²) in [5.41, 5.74) is 0.548. The predicted molar refractivity (Wildman–Crippen MR) is 76.1 cm³/mol. The molecule has 0 bridgehead atoms. The molecule has 0 fully saturated rings. The molecule has 2 N–H and O–H groups in total. The Morgan fingerprint density at radius 2 is 2.10 bits per heavy atom. The van der Waals surface area contributed by atoms with Crippen molar-refractivity contribution in [1.82, 2.24) is 19.8 Å². The second-order valence-electron chi connectivity index (χ2n) is 4.40. The first-order valence-electron chi connectivity index (χ1n) is 6.47. The Bertz CT molecular complexity index is 531. The van der Waals surface area contributed by atoms with Crippen LogP contribution < -0.4 is 5.32 Å². The Balaban J connectivity index is 2.92. The summed E-state index contributed by atoms with van der Waals surface area (Å²) in [5.74, 6) is -1.78. The van der Waals surface area contributed by atoms with E-state index in [0.29, 0.717) is 17.0 Å². The monoisotopic (exact) mass is 314 g/mol. The minimum atomic E-state index is -1.11. The molecule has 1 atom stereocenters. The lowest BCUT2D eigenvalue weighted by molar-refractivity contribution is -0.141. The van der Waals surface area contributed by atoms with E-state index in [1.165, 1.54) is 18.7 Å². The molecule has 0 aliphatic heterocycles. The van der Waals surface area contributed by atoms with Crippen LogP contribution >= 0.6 is 11.5 Å². The third-order valence-corrected chi connectivity index (χ3v) is 3.65. The van der Waals surface area contributed by atoms with Gasteiger partial charge in [-0.1, -0.05) is 11.4 Å². The maximum absolute atomic E-state index is 12.5. The molecule has 1 aromatic rings. The van der Waals surface area contributed by atoms with Gasteiger partial charge in [0.2, 0.25) is 5.91 Å². The SMILES string of the molecule is CCc1nnsc1C(=O)N(CCNC(C)=O)C(C)C(=O)O. The van der Waals surface area contributed by atoms with Crippen molar-refractivity contribution in [2.45, 2.75) is 33.2 Å². The zero-order valence-electron chi connectivity index (χ0n) is 12.1. The van der Waals surface area contributed by atoms with E-state index in [9.17, 15) is 14.4 Å². The van der Waals surface area contributed by atoms with E-state index < -0.39 is 17.9 Å². The second kappa shape index (κ2) is 7.67. The van der Waals surface area contributed by atoms with Gasteiger partial charge in [-0.05, 0) is 24.9 Å². The highest BCUT2D eigenvalue weighted by molar-refractivity contribution is 7.08. The summed E-state index contributed by atoms with van der Waals surface area (Å²) in [6, 6.07) is -1.00. The van der Waals surface area contributed by atoms with E-state index in [2.05, 4.69) is 14.9 Å². The molecule has 0 aromatic carbocycles. The number of carbonyl (C=O) groups excluding carboxylic acids is 2. The van der Waals surface area contributed by atoms with Crippen LogP contribution in [0.5, 0.6) is 0 Å². The van der Waals surface area contributed by atoms with Crippen LogP contribution in [0.15, 0.2) is 0 Å². The first-order chi connectivity index (χ1) is 9.88. The van der Waals surface area contributed by atoms with E-state index >= 15 is 0 Å². The Morgan fingerprint density at radius 1 is 1.43 bits per heavy atom. The van der Waals surface area contributed by atoms with Gasteiger partial charge in [0.25, 0.3) is 5.91 Å². The van der Waals surface area contributed by atoms with Gasteiger partial charge in [0.15, 0.2) is 0 Å². The number of carboxylic acids is 1. The minimum Gasteiger partial charge on any atom is -0.480 e. The van der Waals surface area contributed by atoms with Crippen molar-refractivity contribution in [1.29, 1.82) is 0 Å². The van der Waals surface area contributed by atoms with Crippen LogP contribution in [0.1, 0.15) is 36.1 Å². The predicted octanol–water partition coefficient (Wildman–Crippen LogP) is 0.152. The van der Waals surface area contributed by atoms with Crippen LogP contribution in [0, 0.1) is 0 Å². The van der Waals surface area contributed by atoms with Gasteiger partial charge >= 0.3 is 5.97 Å². The van der Waals surface area contributed by atoms with E-state index in [-0.39, 0.29) is 19.0 Å². The number of rotatable bonds is 7. The molecule has 0 aliphatic carbocycles. The van der Waals surface area contributed by atoms with Gasteiger partial charge in [-0.25, -0.2) is 4.79 Å². The summed E-state index contributed by atoms with van der Waals surface area (Å²) in [7, 11) is 0. The van der Waals surface area contributed by atoms with Gasteiger partial charge in [-0.15, -0.1) is 5.10 Å². The van der Waals surface area contributed by atoms with Crippen LogP contribution in [0.25, 0.3) is 0 Å². The lowest BCUT2D eigenvalue weighted by Gasteiger charge is -2.26. The summed E-state index contributed by atoms with van der Waals surface area (Å²) in [5, 5.41) is 15.5. The number of nitrogens with one attached hydrogen (secondary N) is 1. The fourth-order valence-electron chi connectivity index (χ4n) is 1.69. The molecule has 2 amide bonds. The molecule has 0 spiro atoms. The van der Waals surface area contributed by atoms with Gasteiger partial charge in [-0.2, -0.15) is 0 Å². The van der Waals surface area contributed by atoms with E-state index in [1.54, 1.807) is 0 Å². The number of hydrogen-bond donors (Lipinski definition) is 2. The second-order valence-corrected chi connectivity index (χ2v) is 5.15. The van der Waals surface area contributed by atoms with Gasteiger partial charge in [-0.3, -0.25) is 9.59 Å². The molecule has 0 radical (unpaired) electrons. The number of aromatic nitrogens is 2. The Kier molecular flexibility index (Phi) is 6.22. The number of aliphatic carboxylic acids is 1. The standard InChI is InChI=1S/C12H18N4O4S/c1-4-9-10(21-15-14-9)11(18)16(7(2)12(19)20)6-5-13-8(3)17/h7H,4-6H2,1-3H3,(H,13,17)(H,19,20). The highest BCUT2D eigenvalue weighted by Gasteiger charge is 2.29. The van der Waals surface area contributed by atoms with E-state index in [0.717, 1.165) is 11.5 Å². The number of amides is 2.